The molecule has 0 fully saturated rings. The Morgan fingerprint density at radius 1 is 0.622 bits per heavy atom. The standard InChI is InChI=1S/C32H32F4O/c1-2-3-4-5-23-6-8-24(9-7-23)10-11-26-15-21-30-28(22-26)18-17-27(31(30)33)16-12-25-13-19-29(20-14-25)37-32(34,35)36/h6-9,13-15,17-22H,2-5,10-12,16H2,1H3. The molecule has 5 heteroatoms. The first kappa shape index (κ1) is 26.7. The van der Waals surface area contributed by atoms with Gasteiger partial charge in [-0.05, 0) is 83.9 Å². The van der Waals surface area contributed by atoms with Gasteiger partial charge in [0.2, 0.25) is 0 Å². The van der Waals surface area contributed by atoms with Gasteiger partial charge in [-0.1, -0.05) is 86.5 Å². The van der Waals surface area contributed by atoms with Gasteiger partial charge in [0.1, 0.15) is 11.6 Å². The highest BCUT2D eigenvalue weighted by Gasteiger charge is 2.30. The molecular formula is C32H32F4O. The third-order valence-electron chi connectivity index (χ3n) is 6.73. The molecule has 4 rings (SSSR count). The quantitative estimate of drug-likeness (QED) is 0.145. The number of ether oxygens (including phenoxy) is 1. The van der Waals surface area contributed by atoms with Crippen LogP contribution in [0.3, 0.4) is 0 Å². The first-order chi connectivity index (χ1) is 17.8. The fraction of sp³-hybridized carbons (Fsp3) is 0.312. The zero-order valence-electron chi connectivity index (χ0n) is 21.1. The summed E-state index contributed by atoms with van der Waals surface area (Å²) in [7, 11) is 0. The van der Waals surface area contributed by atoms with Crippen molar-refractivity contribution in [1.82, 2.24) is 0 Å². The van der Waals surface area contributed by atoms with E-state index in [9.17, 15) is 13.2 Å². The van der Waals surface area contributed by atoms with Crippen LogP contribution in [0.25, 0.3) is 10.8 Å². The minimum atomic E-state index is -4.71. The van der Waals surface area contributed by atoms with Gasteiger partial charge in [0.15, 0.2) is 0 Å². The van der Waals surface area contributed by atoms with Gasteiger partial charge in [-0.3, -0.25) is 0 Å². The lowest BCUT2D eigenvalue weighted by atomic mass is 9.97. The Hall–Kier alpha value is -3.34. The van der Waals surface area contributed by atoms with Crippen molar-refractivity contribution in [2.45, 2.75) is 64.7 Å². The Kier molecular flexibility index (Phi) is 8.86. The van der Waals surface area contributed by atoms with Crippen molar-refractivity contribution < 1.29 is 22.3 Å². The number of alkyl halides is 3. The molecule has 4 aromatic rings. The molecular weight excluding hydrogens is 476 g/mol. The molecule has 0 spiro atoms. The lowest BCUT2D eigenvalue weighted by Crippen LogP contribution is -2.17. The van der Waals surface area contributed by atoms with E-state index in [0.717, 1.165) is 30.2 Å². The maximum Gasteiger partial charge on any atom is 0.573 e. The number of aryl methyl sites for hydroxylation is 5. The Morgan fingerprint density at radius 3 is 1.84 bits per heavy atom. The molecule has 0 aromatic heterocycles. The molecule has 0 heterocycles. The summed E-state index contributed by atoms with van der Waals surface area (Å²) in [5, 5.41) is 1.46. The van der Waals surface area contributed by atoms with Gasteiger partial charge in [-0.2, -0.15) is 0 Å². The fourth-order valence-electron chi connectivity index (χ4n) is 4.61. The summed E-state index contributed by atoms with van der Waals surface area (Å²) in [6.07, 6.45) is 2.96. The molecule has 0 aliphatic carbocycles. The molecule has 0 bridgehead atoms. The predicted octanol–water partition coefficient (Wildman–Crippen LogP) is 9.18. The van der Waals surface area contributed by atoms with Crippen molar-refractivity contribution in [3.8, 4) is 5.75 Å². The average Bonchev–Trinajstić information content (AvgIpc) is 2.88. The minimum Gasteiger partial charge on any atom is -0.406 e. The second-order valence-electron chi connectivity index (χ2n) is 9.56. The van der Waals surface area contributed by atoms with E-state index in [1.54, 1.807) is 18.2 Å². The Morgan fingerprint density at radius 2 is 1.19 bits per heavy atom. The monoisotopic (exact) mass is 508 g/mol. The SMILES string of the molecule is CCCCCc1ccc(CCc2ccc3c(F)c(CCc4ccc(OC(F)(F)F)cc4)ccc3c2)cc1. The number of benzene rings is 4. The average molecular weight is 509 g/mol. The Bertz CT molecular complexity index is 1290. The molecule has 1 nitrogen and oxygen atoms in total. The lowest BCUT2D eigenvalue weighted by molar-refractivity contribution is -0.274. The summed E-state index contributed by atoms with van der Waals surface area (Å²) in [6.45, 7) is 2.22. The highest BCUT2D eigenvalue weighted by Crippen LogP contribution is 2.26. The van der Waals surface area contributed by atoms with Crippen molar-refractivity contribution in [2.75, 3.05) is 0 Å². The van der Waals surface area contributed by atoms with Crippen LogP contribution in [0.15, 0.2) is 78.9 Å². The van der Waals surface area contributed by atoms with Gasteiger partial charge >= 0.3 is 6.36 Å². The molecule has 0 unspecified atom stereocenters. The van der Waals surface area contributed by atoms with Gasteiger partial charge in [-0.15, -0.1) is 13.2 Å². The summed E-state index contributed by atoms with van der Waals surface area (Å²) < 4.78 is 56.1. The van der Waals surface area contributed by atoms with Gasteiger partial charge in [0.25, 0.3) is 0 Å². The number of rotatable bonds is 11. The normalized spacial score (nSPS) is 11.7. The first-order valence-corrected chi connectivity index (χ1v) is 12.9. The van der Waals surface area contributed by atoms with Crippen LogP contribution in [0.5, 0.6) is 5.75 Å². The Labute approximate surface area is 216 Å². The molecule has 0 radical (unpaired) electrons. The van der Waals surface area contributed by atoms with Crippen molar-refractivity contribution in [2.24, 2.45) is 0 Å². The van der Waals surface area contributed by atoms with Crippen LogP contribution in [-0.4, -0.2) is 6.36 Å². The topological polar surface area (TPSA) is 9.23 Å². The third-order valence-corrected chi connectivity index (χ3v) is 6.73. The van der Waals surface area contributed by atoms with E-state index in [2.05, 4.69) is 42.0 Å². The van der Waals surface area contributed by atoms with Crippen LogP contribution in [0, 0.1) is 5.82 Å². The summed E-state index contributed by atoms with van der Waals surface area (Å²) in [5.41, 5.74) is 5.28. The number of hydrogen-bond acceptors (Lipinski definition) is 1. The van der Waals surface area contributed by atoms with E-state index in [1.807, 2.05) is 18.2 Å². The van der Waals surface area contributed by atoms with E-state index in [0.29, 0.717) is 23.8 Å². The Balaban J connectivity index is 1.35. The summed E-state index contributed by atoms with van der Waals surface area (Å²) >= 11 is 0. The molecule has 0 saturated heterocycles. The van der Waals surface area contributed by atoms with Crippen LogP contribution in [0.4, 0.5) is 17.6 Å². The van der Waals surface area contributed by atoms with Gasteiger partial charge in [-0.25, -0.2) is 4.39 Å². The van der Waals surface area contributed by atoms with Crippen LogP contribution in [0.1, 0.15) is 54.0 Å². The summed E-state index contributed by atoms with van der Waals surface area (Å²) in [6, 6.07) is 24.3. The van der Waals surface area contributed by atoms with E-state index < -0.39 is 6.36 Å². The lowest BCUT2D eigenvalue weighted by Gasteiger charge is -2.11. The molecule has 194 valence electrons. The van der Waals surface area contributed by atoms with Crippen molar-refractivity contribution >= 4 is 10.8 Å². The van der Waals surface area contributed by atoms with E-state index in [1.165, 1.54) is 48.1 Å². The number of halogens is 4. The molecule has 0 aliphatic rings. The fourth-order valence-corrected chi connectivity index (χ4v) is 4.61. The smallest absolute Gasteiger partial charge is 0.406 e. The maximum atomic E-state index is 15.2. The van der Waals surface area contributed by atoms with Crippen LogP contribution in [-0.2, 0) is 32.1 Å². The number of fused-ring (bicyclic) bond motifs is 1. The van der Waals surface area contributed by atoms with Crippen molar-refractivity contribution in [3.63, 3.8) is 0 Å². The summed E-state index contributed by atoms with van der Waals surface area (Å²) in [4.78, 5) is 0. The molecule has 0 N–H and O–H groups in total. The van der Waals surface area contributed by atoms with E-state index >= 15 is 4.39 Å². The largest absolute Gasteiger partial charge is 0.573 e. The van der Waals surface area contributed by atoms with Crippen LogP contribution in [0.2, 0.25) is 0 Å². The first-order valence-electron chi connectivity index (χ1n) is 12.9. The highest BCUT2D eigenvalue weighted by atomic mass is 19.4. The second kappa shape index (κ2) is 12.3. The van der Waals surface area contributed by atoms with Crippen molar-refractivity contribution in [1.29, 1.82) is 0 Å². The molecule has 0 saturated carbocycles. The molecule has 4 aromatic carbocycles. The molecule has 37 heavy (non-hydrogen) atoms. The van der Waals surface area contributed by atoms with Crippen LogP contribution >= 0.6 is 0 Å². The molecule has 0 aliphatic heterocycles. The van der Waals surface area contributed by atoms with E-state index in [4.69, 9.17) is 0 Å². The predicted molar refractivity (Wildman–Crippen MR) is 142 cm³/mol. The number of hydrogen-bond donors (Lipinski definition) is 0. The maximum absolute atomic E-state index is 15.2. The number of unbranched alkanes of at least 4 members (excludes halogenated alkanes) is 2. The molecule has 0 atom stereocenters. The van der Waals surface area contributed by atoms with Gasteiger partial charge < -0.3 is 4.74 Å². The van der Waals surface area contributed by atoms with Gasteiger partial charge in [0, 0.05) is 5.39 Å². The van der Waals surface area contributed by atoms with Crippen molar-refractivity contribution in [3.05, 3.63) is 112 Å². The summed E-state index contributed by atoms with van der Waals surface area (Å²) in [5.74, 6) is -0.497. The minimum absolute atomic E-state index is 0.236. The third kappa shape index (κ3) is 7.82. The zero-order chi connectivity index (χ0) is 26.3. The van der Waals surface area contributed by atoms with Crippen LogP contribution < -0.4 is 4.74 Å². The zero-order valence-corrected chi connectivity index (χ0v) is 21.1. The highest BCUT2D eigenvalue weighted by molar-refractivity contribution is 5.84. The van der Waals surface area contributed by atoms with Gasteiger partial charge in [0.05, 0.1) is 0 Å². The molecule has 0 amide bonds. The van der Waals surface area contributed by atoms with E-state index in [-0.39, 0.29) is 11.6 Å². The second-order valence-corrected chi connectivity index (χ2v) is 9.56.